The number of imide groups is 2. The number of hydrogen-bond acceptors (Lipinski definition) is 7. The van der Waals surface area contributed by atoms with Gasteiger partial charge < -0.3 is 9.47 Å². The predicted molar refractivity (Wildman–Crippen MR) is 136 cm³/mol. The SMILES string of the molecule is COc1cc(/C=C2\C(=O)NC(=O)N(c3cccc([N+](=O)[O-])c3)C2=O)cc(Cl)c1OCc1ccc(Cl)cc1. The summed E-state index contributed by atoms with van der Waals surface area (Å²) in [6.45, 7) is 0.175. The average molecular weight is 542 g/mol. The summed E-state index contributed by atoms with van der Waals surface area (Å²) in [6.07, 6.45) is 1.23. The van der Waals surface area contributed by atoms with Crippen molar-refractivity contribution in [1.29, 1.82) is 0 Å². The molecular weight excluding hydrogens is 525 g/mol. The molecule has 188 valence electrons. The number of rotatable bonds is 7. The minimum Gasteiger partial charge on any atom is -0.493 e. The number of amides is 4. The lowest BCUT2D eigenvalue weighted by Gasteiger charge is -2.26. The Balaban J connectivity index is 1.64. The first-order valence-electron chi connectivity index (χ1n) is 10.6. The molecule has 0 spiro atoms. The second-order valence-electron chi connectivity index (χ2n) is 7.68. The largest absolute Gasteiger partial charge is 0.493 e. The summed E-state index contributed by atoms with van der Waals surface area (Å²) in [5, 5.41) is 13.9. The van der Waals surface area contributed by atoms with Crippen LogP contribution in [0.3, 0.4) is 0 Å². The van der Waals surface area contributed by atoms with Gasteiger partial charge in [-0.15, -0.1) is 0 Å². The maximum atomic E-state index is 13.1. The van der Waals surface area contributed by atoms with E-state index >= 15 is 0 Å². The van der Waals surface area contributed by atoms with Crippen molar-refractivity contribution >= 4 is 58.5 Å². The minimum atomic E-state index is -1.03. The Labute approximate surface area is 220 Å². The number of benzene rings is 3. The molecule has 1 saturated heterocycles. The molecule has 10 nitrogen and oxygen atoms in total. The van der Waals surface area contributed by atoms with Crippen molar-refractivity contribution in [1.82, 2.24) is 5.32 Å². The number of non-ortho nitro benzene ring substituents is 1. The maximum absolute atomic E-state index is 13.1. The predicted octanol–water partition coefficient (Wildman–Crippen LogP) is 5.16. The molecule has 3 aromatic rings. The maximum Gasteiger partial charge on any atom is 0.335 e. The molecule has 1 heterocycles. The van der Waals surface area contributed by atoms with Crippen molar-refractivity contribution in [3.05, 3.63) is 97.5 Å². The molecule has 0 bridgehead atoms. The number of methoxy groups -OCH3 is 1. The Bertz CT molecular complexity index is 1460. The molecular formula is C25H17Cl2N3O7. The molecule has 1 fully saturated rings. The Hall–Kier alpha value is -4.41. The summed E-state index contributed by atoms with van der Waals surface area (Å²) < 4.78 is 11.2. The Morgan fingerprint density at radius 1 is 1.05 bits per heavy atom. The van der Waals surface area contributed by atoms with Gasteiger partial charge in [-0.2, -0.15) is 0 Å². The molecule has 4 rings (SSSR count). The Kier molecular flexibility index (Phi) is 7.42. The molecule has 0 radical (unpaired) electrons. The van der Waals surface area contributed by atoms with Gasteiger partial charge in [-0.3, -0.25) is 25.0 Å². The van der Waals surface area contributed by atoms with Crippen LogP contribution in [0.4, 0.5) is 16.2 Å². The van der Waals surface area contributed by atoms with Crippen LogP contribution in [0.25, 0.3) is 6.08 Å². The van der Waals surface area contributed by atoms with Gasteiger partial charge in [0, 0.05) is 17.2 Å². The topological polar surface area (TPSA) is 128 Å². The highest BCUT2D eigenvalue weighted by atomic mass is 35.5. The summed E-state index contributed by atoms with van der Waals surface area (Å²) in [5.74, 6) is -1.42. The van der Waals surface area contributed by atoms with E-state index < -0.39 is 22.8 Å². The fourth-order valence-electron chi connectivity index (χ4n) is 3.50. The number of carbonyl (C=O) groups is 3. The molecule has 0 aromatic heterocycles. The fraction of sp³-hybridized carbons (Fsp3) is 0.0800. The van der Waals surface area contributed by atoms with Gasteiger partial charge in [0.25, 0.3) is 17.5 Å². The van der Waals surface area contributed by atoms with Gasteiger partial charge in [-0.05, 0) is 47.5 Å². The van der Waals surface area contributed by atoms with Crippen molar-refractivity contribution in [3.8, 4) is 11.5 Å². The number of nitrogens with zero attached hydrogens (tertiary/aromatic N) is 2. The molecule has 0 unspecified atom stereocenters. The van der Waals surface area contributed by atoms with Crippen molar-refractivity contribution < 1.29 is 28.8 Å². The number of urea groups is 1. The van der Waals surface area contributed by atoms with Crippen molar-refractivity contribution in [2.75, 3.05) is 12.0 Å². The smallest absolute Gasteiger partial charge is 0.335 e. The van der Waals surface area contributed by atoms with Crippen LogP contribution >= 0.6 is 23.2 Å². The summed E-state index contributed by atoms with van der Waals surface area (Å²) in [7, 11) is 1.40. The van der Waals surface area contributed by atoms with Gasteiger partial charge in [0.1, 0.15) is 12.2 Å². The van der Waals surface area contributed by atoms with E-state index in [-0.39, 0.29) is 40.1 Å². The molecule has 37 heavy (non-hydrogen) atoms. The van der Waals surface area contributed by atoms with E-state index in [0.717, 1.165) is 11.6 Å². The van der Waals surface area contributed by atoms with E-state index in [1.54, 1.807) is 24.3 Å². The minimum absolute atomic E-state index is 0.0725. The lowest BCUT2D eigenvalue weighted by atomic mass is 10.1. The second kappa shape index (κ2) is 10.7. The van der Waals surface area contributed by atoms with Crippen LogP contribution in [0.15, 0.2) is 66.2 Å². The number of hydrogen-bond donors (Lipinski definition) is 1. The molecule has 1 N–H and O–H groups in total. The van der Waals surface area contributed by atoms with Crippen molar-refractivity contribution in [2.45, 2.75) is 6.61 Å². The van der Waals surface area contributed by atoms with Crippen LogP contribution in [0.2, 0.25) is 10.0 Å². The zero-order valence-electron chi connectivity index (χ0n) is 19.1. The number of nitrogens with one attached hydrogen (secondary N) is 1. The first kappa shape index (κ1) is 25.7. The lowest BCUT2D eigenvalue weighted by molar-refractivity contribution is -0.384. The zero-order valence-corrected chi connectivity index (χ0v) is 20.6. The van der Waals surface area contributed by atoms with Gasteiger partial charge in [0.15, 0.2) is 11.5 Å². The number of nitro groups is 1. The summed E-state index contributed by atoms with van der Waals surface area (Å²) in [6, 6.07) is 13.9. The first-order chi connectivity index (χ1) is 17.7. The third kappa shape index (κ3) is 5.55. The quantitative estimate of drug-likeness (QED) is 0.189. The van der Waals surface area contributed by atoms with E-state index in [9.17, 15) is 24.5 Å². The average Bonchev–Trinajstić information content (AvgIpc) is 2.86. The molecule has 4 amide bonds. The van der Waals surface area contributed by atoms with Gasteiger partial charge in [0.05, 0.1) is 22.7 Å². The highest BCUT2D eigenvalue weighted by Gasteiger charge is 2.37. The van der Waals surface area contributed by atoms with Crippen molar-refractivity contribution in [2.24, 2.45) is 0 Å². The van der Waals surface area contributed by atoms with E-state index in [4.69, 9.17) is 32.7 Å². The molecule has 12 heteroatoms. The number of nitro benzene ring substituents is 1. The number of barbiturate groups is 1. The van der Waals surface area contributed by atoms with E-state index in [1.807, 2.05) is 0 Å². The Morgan fingerprint density at radius 2 is 1.78 bits per heavy atom. The Morgan fingerprint density at radius 3 is 2.46 bits per heavy atom. The monoisotopic (exact) mass is 541 g/mol. The molecule has 1 aliphatic rings. The summed E-state index contributed by atoms with van der Waals surface area (Å²) >= 11 is 12.3. The number of anilines is 1. The number of ether oxygens (including phenoxy) is 2. The molecule has 0 atom stereocenters. The standard InChI is InChI=1S/C25H17Cl2N3O7/c1-36-21-11-15(10-20(27)22(21)37-13-14-5-7-16(26)8-6-14)9-19-23(31)28-25(33)29(24(19)32)17-3-2-4-18(12-17)30(34)35/h2-12H,13H2,1H3,(H,28,31,33)/b19-9+. The van der Waals surface area contributed by atoms with Crippen molar-refractivity contribution in [3.63, 3.8) is 0 Å². The summed E-state index contributed by atoms with van der Waals surface area (Å²) in [5.41, 5.74) is 0.360. The van der Waals surface area contributed by atoms with Crippen LogP contribution in [0, 0.1) is 10.1 Å². The summed E-state index contributed by atoms with van der Waals surface area (Å²) in [4.78, 5) is 49.1. The normalized spacial score (nSPS) is 14.5. The fourth-order valence-corrected chi connectivity index (χ4v) is 3.90. The van der Waals surface area contributed by atoms with Crippen LogP contribution in [0.5, 0.6) is 11.5 Å². The molecule has 0 saturated carbocycles. The van der Waals surface area contributed by atoms with E-state index in [1.165, 1.54) is 43.5 Å². The lowest BCUT2D eigenvalue weighted by Crippen LogP contribution is -2.54. The van der Waals surface area contributed by atoms with Crippen LogP contribution in [-0.4, -0.2) is 29.9 Å². The molecule has 1 aliphatic heterocycles. The van der Waals surface area contributed by atoms with Gasteiger partial charge >= 0.3 is 6.03 Å². The van der Waals surface area contributed by atoms with Gasteiger partial charge in [-0.25, -0.2) is 9.69 Å². The van der Waals surface area contributed by atoms with Gasteiger partial charge in [0.2, 0.25) is 0 Å². The third-order valence-corrected chi connectivity index (χ3v) is 5.79. The van der Waals surface area contributed by atoms with Crippen LogP contribution in [0.1, 0.15) is 11.1 Å². The number of carbonyl (C=O) groups excluding carboxylic acids is 3. The van der Waals surface area contributed by atoms with Crippen LogP contribution in [-0.2, 0) is 16.2 Å². The highest BCUT2D eigenvalue weighted by Crippen LogP contribution is 2.38. The van der Waals surface area contributed by atoms with E-state index in [0.29, 0.717) is 15.5 Å². The zero-order chi connectivity index (χ0) is 26.7. The molecule has 0 aliphatic carbocycles. The first-order valence-corrected chi connectivity index (χ1v) is 11.3. The number of halogens is 2. The van der Waals surface area contributed by atoms with Gasteiger partial charge in [-0.1, -0.05) is 41.4 Å². The second-order valence-corrected chi connectivity index (χ2v) is 8.53. The highest BCUT2D eigenvalue weighted by molar-refractivity contribution is 6.39. The van der Waals surface area contributed by atoms with E-state index in [2.05, 4.69) is 5.32 Å². The van der Waals surface area contributed by atoms with Crippen LogP contribution < -0.4 is 19.7 Å². The third-order valence-electron chi connectivity index (χ3n) is 5.26. The molecule has 3 aromatic carbocycles.